The number of fused-ring (bicyclic) bond motifs is 1. The highest BCUT2D eigenvalue weighted by Gasteiger charge is 2.04. The normalized spacial score (nSPS) is 11.1. The Morgan fingerprint density at radius 2 is 2.38 bits per heavy atom. The highest BCUT2D eigenvalue weighted by atomic mass is 32.2. The average molecular weight is 258 g/mol. The molecule has 5 nitrogen and oxygen atoms in total. The molecule has 0 aliphatic rings. The van der Waals surface area contributed by atoms with Crippen LogP contribution in [0.1, 0.15) is 6.92 Å². The van der Waals surface area contributed by atoms with Gasteiger partial charge in [-0.25, -0.2) is 10.2 Å². The monoisotopic (exact) mass is 258 g/mol. The van der Waals surface area contributed by atoms with E-state index in [-0.39, 0.29) is 0 Å². The molecule has 1 heterocycles. The quantitative estimate of drug-likeness (QED) is 0.372. The minimum atomic E-state index is 0.818. The summed E-state index contributed by atoms with van der Waals surface area (Å²) >= 11 is 2.59. The highest BCUT2D eigenvalue weighted by Crippen LogP contribution is 2.25. The van der Waals surface area contributed by atoms with Gasteiger partial charge in [0.15, 0.2) is 5.16 Å². The number of hydrogen-bond acceptors (Lipinski definition) is 6. The van der Waals surface area contributed by atoms with Gasteiger partial charge < -0.3 is 4.98 Å². The number of aromatic amines is 1. The maximum atomic E-state index is 8.05. The molecule has 0 atom stereocenters. The third kappa shape index (κ3) is 2.69. The second-order valence-electron chi connectivity index (χ2n) is 2.88. The zero-order valence-electron chi connectivity index (χ0n) is 8.47. The van der Waals surface area contributed by atoms with Crippen molar-refractivity contribution >= 4 is 34.8 Å². The Bertz CT molecular complexity index is 475. The van der Waals surface area contributed by atoms with E-state index in [2.05, 4.69) is 26.3 Å². The molecule has 16 heavy (non-hydrogen) atoms. The first-order chi connectivity index (χ1) is 7.83. The fourth-order valence-electron chi connectivity index (χ4n) is 1.28. The van der Waals surface area contributed by atoms with Gasteiger partial charge in [-0.2, -0.15) is 0 Å². The molecule has 1 aromatic carbocycles. The lowest BCUT2D eigenvalue weighted by Crippen LogP contribution is -1.78. The molecule has 0 aliphatic carbocycles. The SMILES string of the molecule is CCSc1nc2ccc(SOOO)cc2[nH]1. The van der Waals surface area contributed by atoms with E-state index < -0.39 is 0 Å². The lowest BCUT2D eigenvalue weighted by Gasteiger charge is -1.96. The number of nitrogens with zero attached hydrogens (tertiary/aromatic N) is 1. The third-order valence-corrected chi connectivity index (χ3v) is 3.20. The molecule has 2 N–H and O–H groups in total. The molecule has 0 saturated carbocycles. The Kier molecular flexibility index (Phi) is 4.08. The molecular formula is C9H10N2O3S2. The molecule has 0 fully saturated rings. The van der Waals surface area contributed by atoms with Gasteiger partial charge in [0.1, 0.15) is 0 Å². The topological polar surface area (TPSA) is 67.4 Å². The van der Waals surface area contributed by atoms with Crippen molar-refractivity contribution in [3.63, 3.8) is 0 Å². The van der Waals surface area contributed by atoms with Crippen molar-refractivity contribution in [2.75, 3.05) is 5.75 Å². The molecule has 0 saturated heterocycles. The van der Waals surface area contributed by atoms with Crippen molar-refractivity contribution in [3.05, 3.63) is 18.2 Å². The first kappa shape index (κ1) is 11.7. The van der Waals surface area contributed by atoms with Crippen LogP contribution in [0, 0.1) is 0 Å². The summed E-state index contributed by atoms with van der Waals surface area (Å²) in [6, 6.07) is 5.60. The van der Waals surface area contributed by atoms with Gasteiger partial charge in [-0.3, -0.25) is 0 Å². The Balaban J connectivity index is 2.23. The molecule has 0 amide bonds. The largest absolute Gasteiger partial charge is 0.333 e. The van der Waals surface area contributed by atoms with Crippen LogP contribution in [0.5, 0.6) is 0 Å². The van der Waals surface area contributed by atoms with Gasteiger partial charge in [0, 0.05) is 4.90 Å². The van der Waals surface area contributed by atoms with Crippen LogP contribution in [0.4, 0.5) is 0 Å². The first-order valence-corrected chi connectivity index (χ1v) is 6.33. The van der Waals surface area contributed by atoms with Crippen molar-refractivity contribution in [1.82, 2.24) is 9.97 Å². The standard InChI is InChI=1S/C9H10N2O3S2/c1-2-15-9-10-7-4-3-6(16-14-13-12)5-8(7)11-9/h3-5,12H,2H2,1H3,(H,10,11). The van der Waals surface area contributed by atoms with Gasteiger partial charge in [0.2, 0.25) is 0 Å². The highest BCUT2D eigenvalue weighted by molar-refractivity contribution is 7.99. The van der Waals surface area contributed by atoms with Crippen LogP contribution in [0.25, 0.3) is 11.0 Å². The molecule has 0 radical (unpaired) electrons. The predicted octanol–water partition coefficient (Wildman–Crippen LogP) is 3.10. The van der Waals surface area contributed by atoms with Gasteiger partial charge >= 0.3 is 0 Å². The zero-order chi connectivity index (χ0) is 11.4. The summed E-state index contributed by atoms with van der Waals surface area (Å²) in [5, 5.41) is 12.5. The van der Waals surface area contributed by atoms with Gasteiger partial charge in [0.05, 0.1) is 23.1 Å². The van der Waals surface area contributed by atoms with Crippen molar-refractivity contribution < 1.29 is 14.6 Å². The fourth-order valence-corrected chi connectivity index (χ4v) is 2.29. The van der Waals surface area contributed by atoms with E-state index in [0.717, 1.165) is 38.9 Å². The molecule has 2 aromatic rings. The molecule has 0 aliphatic heterocycles. The summed E-state index contributed by atoms with van der Waals surface area (Å²) < 4.78 is 4.36. The summed E-state index contributed by atoms with van der Waals surface area (Å²) in [6.07, 6.45) is 0. The maximum absolute atomic E-state index is 8.05. The molecular weight excluding hydrogens is 248 g/mol. The molecule has 0 unspecified atom stereocenters. The van der Waals surface area contributed by atoms with Crippen molar-refractivity contribution in [2.45, 2.75) is 17.0 Å². The van der Waals surface area contributed by atoms with Crippen LogP contribution in [0.2, 0.25) is 0 Å². The number of imidazole rings is 1. The van der Waals surface area contributed by atoms with E-state index in [0.29, 0.717) is 0 Å². The van der Waals surface area contributed by atoms with E-state index in [1.807, 2.05) is 18.2 Å². The summed E-state index contributed by atoms with van der Waals surface area (Å²) in [7, 11) is 0. The second kappa shape index (κ2) is 5.55. The number of hydrogen-bond donors (Lipinski definition) is 2. The molecule has 86 valence electrons. The number of nitrogens with one attached hydrogen (secondary N) is 1. The Labute approximate surface area is 101 Å². The number of aromatic nitrogens is 2. The summed E-state index contributed by atoms with van der Waals surface area (Å²) in [4.78, 5) is 8.41. The molecule has 0 bridgehead atoms. The summed E-state index contributed by atoms with van der Waals surface area (Å²) in [5.74, 6) is 0.975. The Morgan fingerprint density at radius 1 is 1.50 bits per heavy atom. The maximum Gasteiger partial charge on any atom is 0.166 e. The van der Waals surface area contributed by atoms with Crippen LogP contribution in [-0.4, -0.2) is 21.0 Å². The summed E-state index contributed by atoms with van der Waals surface area (Å²) in [5.41, 5.74) is 1.84. The molecule has 7 heteroatoms. The van der Waals surface area contributed by atoms with E-state index in [1.54, 1.807) is 11.8 Å². The van der Waals surface area contributed by atoms with Crippen molar-refractivity contribution in [1.29, 1.82) is 0 Å². The molecule has 2 rings (SSSR count). The first-order valence-electron chi connectivity index (χ1n) is 4.61. The van der Waals surface area contributed by atoms with Crippen LogP contribution >= 0.6 is 23.8 Å². The van der Waals surface area contributed by atoms with Crippen LogP contribution < -0.4 is 0 Å². The smallest absolute Gasteiger partial charge is 0.166 e. The molecule has 0 spiro atoms. The van der Waals surface area contributed by atoms with E-state index in [9.17, 15) is 0 Å². The lowest BCUT2D eigenvalue weighted by molar-refractivity contribution is -0.432. The number of benzene rings is 1. The van der Waals surface area contributed by atoms with Gasteiger partial charge in [0.25, 0.3) is 0 Å². The van der Waals surface area contributed by atoms with E-state index in [1.165, 1.54) is 0 Å². The second-order valence-corrected chi connectivity index (χ2v) is 4.91. The fraction of sp³-hybridized carbons (Fsp3) is 0.222. The molecule has 1 aromatic heterocycles. The van der Waals surface area contributed by atoms with Crippen LogP contribution in [0.15, 0.2) is 28.3 Å². The van der Waals surface area contributed by atoms with Gasteiger partial charge in [-0.05, 0) is 24.0 Å². The Hall–Kier alpha value is -0.730. The number of rotatable bonds is 5. The third-order valence-electron chi connectivity index (χ3n) is 1.87. The van der Waals surface area contributed by atoms with Gasteiger partial charge in [-0.1, -0.05) is 23.7 Å². The predicted molar refractivity (Wildman–Crippen MR) is 63.1 cm³/mol. The average Bonchev–Trinajstić information content (AvgIpc) is 2.68. The van der Waals surface area contributed by atoms with Crippen LogP contribution in [0.3, 0.4) is 0 Å². The van der Waals surface area contributed by atoms with Crippen molar-refractivity contribution in [3.8, 4) is 0 Å². The number of thioether (sulfide) groups is 1. The minimum absolute atomic E-state index is 0.818. The number of H-pyrrole nitrogens is 1. The zero-order valence-corrected chi connectivity index (χ0v) is 10.1. The van der Waals surface area contributed by atoms with Crippen LogP contribution in [-0.2, 0) is 9.37 Å². The minimum Gasteiger partial charge on any atom is -0.333 e. The lowest BCUT2D eigenvalue weighted by atomic mass is 10.3. The summed E-state index contributed by atoms with van der Waals surface area (Å²) in [6.45, 7) is 2.07. The Morgan fingerprint density at radius 3 is 3.12 bits per heavy atom. The van der Waals surface area contributed by atoms with E-state index in [4.69, 9.17) is 5.26 Å². The van der Waals surface area contributed by atoms with Gasteiger partial charge in [-0.15, -0.1) is 4.33 Å². The van der Waals surface area contributed by atoms with Crippen molar-refractivity contribution in [2.24, 2.45) is 0 Å². The van der Waals surface area contributed by atoms with E-state index >= 15 is 0 Å².